The Morgan fingerprint density at radius 1 is 1.00 bits per heavy atom. The SMILES string of the molecule is Cc1cccc(C(=O)NCC(=O)NC(c2ccc3c(c2)CCCC3)c2cccs2)c1. The van der Waals surface area contributed by atoms with Gasteiger partial charge in [-0.05, 0) is 72.9 Å². The maximum atomic E-state index is 12.7. The molecule has 1 atom stereocenters. The Bertz CT molecular complexity index is 1040. The van der Waals surface area contributed by atoms with Crippen molar-refractivity contribution in [3.63, 3.8) is 0 Å². The zero-order valence-electron chi connectivity index (χ0n) is 17.1. The molecule has 30 heavy (non-hydrogen) atoms. The molecule has 2 amide bonds. The van der Waals surface area contributed by atoms with Crippen LogP contribution in [0.25, 0.3) is 0 Å². The molecule has 1 unspecified atom stereocenters. The summed E-state index contributed by atoms with van der Waals surface area (Å²) >= 11 is 1.63. The fourth-order valence-corrected chi connectivity index (χ4v) is 4.77. The second-order valence-corrected chi connectivity index (χ2v) is 8.78. The highest BCUT2D eigenvalue weighted by atomic mass is 32.1. The molecular formula is C25H26N2O2S. The van der Waals surface area contributed by atoms with Crippen LogP contribution in [0.1, 0.15) is 56.4 Å². The average molecular weight is 419 g/mol. The van der Waals surface area contributed by atoms with Crippen molar-refractivity contribution in [2.75, 3.05) is 6.54 Å². The standard InChI is InChI=1S/C25H26N2O2S/c1-17-6-4-9-21(14-17)25(29)26-16-23(28)27-24(22-10-5-13-30-22)20-12-11-18-7-2-3-8-19(18)15-20/h4-6,9-15,24H,2-3,7-8,16H2,1H3,(H,26,29)(H,27,28). The number of nitrogens with one attached hydrogen (secondary N) is 2. The van der Waals surface area contributed by atoms with E-state index in [0.717, 1.165) is 28.8 Å². The Morgan fingerprint density at radius 2 is 1.83 bits per heavy atom. The van der Waals surface area contributed by atoms with Gasteiger partial charge in [-0.3, -0.25) is 9.59 Å². The van der Waals surface area contributed by atoms with Crippen LogP contribution < -0.4 is 10.6 Å². The fourth-order valence-electron chi connectivity index (χ4n) is 3.97. The molecule has 2 aromatic carbocycles. The summed E-state index contributed by atoms with van der Waals surface area (Å²) in [6.45, 7) is 1.88. The first-order valence-corrected chi connectivity index (χ1v) is 11.3. The molecular weight excluding hydrogens is 392 g/mol. The summed E-state index contributed by atoms with van der Waals surface area (Å²) in [4.78, 5) is 26.1. The minimum atomic E-state index is -0.240. The van der Waals surface area contributed by atoms with Crippen molar-refractivity contribution < 1.29 is 9.59 Å². The monoisotopic (exact) mass is 418 g/mol. The molecule has 154 valence electrons. The Labute approximate surface area is 181 Å². The molecule has 4 nitrogen and oxygen atoms in total. The lowest BCUT2D eigenvalue weighted by Crippen LogP contribution is -2.38. The maximum Gasteiger partial charge on any atom is 0.251 e. The van der Waals surface area contributed by atoms with Crippen LogP contribution in [0.3, 0.4) is 0 Å². The van der Waals surface area contributed by atoms with E-state index < -0.39 is 0 Å². The van der Waals surface area contributed by atoms with Gasteiger partial charge in [0.1, 0.15) is 0 Å². The van der Waals surface area contributed by atoms with E-state index in [2.05, 4.69) is 28.8 Å². The average Bonchev–Trinajstić information content (AvgIpc) is 3.30. The van der Waals surface area contributed by atoms with Gasteiger partial charge < -0.3 is 10.6 Å². The third-order valence-electron chi connectivity index (χ3n) is 5.53. The number of amides is 2. The van der Waals surface area contributed by atoms with Crippen molar-refractivity contribution in [3.05, 3.63) is 92.7 Å². The van der Waals surface area contributed by atoms with Gasteiger partial charge in [0.2, 0.25) is 5.91 Å². The summed E-state index contributed by atoms with van der Waals surface area (Å²) in [5.41, 5.74) is 5.48. The van der Waals surface area contributed by atoms with Gasteiger partial charge in [-0.2, -0.15) is 0 Å². The highest BCUT2D eigenvalue weighted by Crippen LogP contribution is 2.30. The van der Waals surface area contributed by atoms with Gasteiger partial charge in [-0.25, -0.2) is 0 Å². The van der Waals surface area contributed by atoms with Gasteiger partial charge in [-0.1, -0.05) is 42.0 Å². The largest absolute Gasteiger partial charge is 0.343 e. The molecule has 3 aromatic rings. The normalized spacial score (nSPS) is 13.9. The van der Waals surface area contributed by atoms with Crippen molar-refractivity contribution in [2.45, 2.75) is 38.6 Å². The van der Waals surface area contributed by atoms with Gasteiger partial charge >= 0.3 is 0 Å². The maximum absolute atomic E-state index is 12.7. The summed E-state index contributed by atoms with van der Waals surface area (Å²) in [5.74, 6) is -0.442. The van der Waals surface area contributed by atoms with Crippen molar-refractivity contribution in [2.24, 2.45) is 0 Å². The number of hydrogen-bond acceptors (Lipinski definition) is 3. The van der Waals surface area contributed by atoms with Gasteiger partial charge in [0.05, 0.1) is 12.6 Å². The Kier molecular flexibility index (Phi) is 6.29. The second kappa shape index (κ2) is 9.26. The Balaban J connectivity index is 1.46. The van der Waals surface area contributed by atoms with E-state index in [-0.39, 0.29) is 24.4 Å². The first-order chi connectivity index (χ1) is 14.6. The molecule has 1 heterocycles. The minimum absolute atomic E-state index is 0.0560. The summed E-state index contributed by atoms with van der Waals surface area (Å²) < 4.78 is 0. The first-order valence-electron chi connectivity index (χ1n) is 10.4. The molecule has 1 aliphatic rings. The van der Waals surface area contributed by atoms with Crippen LogP contribution in [-0.2, 0) is 17.6 Å². The summed E-state index contributed by atoms with van der Waals surface area (Å²) in [5, 5.41) is 7.87. The van der Waals surface area contributed by atoms with Gasteiger partial charge in [-0.15, -0.1) is 11.3 Å². The Hall–Kier alpha value is -2.92. The highest BCUT2D eigenvalue weighted by molar-refractivity contribution is 7.10. The lowest BCUT2D eigenvalue weighted by Gasteiger charge is -2.22. The van der Waals surface area contributed by atoms with Crippen molar-refractivity contribution in [1.29, 1.82) is 0 Å². The van der Waals surface area contributed by atoms with Crippen molar-refractivity contribution in [1.82, 2.24) is 10.6 Å². The summed E-state index contributed by atoms with van der Waals surface area (Å²) in [7, 11) is 0. The molecule has 4 rings (SSSR count). The lowest BCUT2D eigenvalue weighted by molar-refractivity contribution is -0.120. The lowest BCUT2D eigenvalue weighted by atomic mass is 9.89. The molecule has 0 spiro atoms. The van der Waals surface area contributed by atoms with Crippen LogP contribution in [0.5, 0.6) is 0 Å². The van der Waals surface area contributed by atoms with Crippen molar-refractivity contribution >= 4 is 23.2 Å². The fraction of sp³-hybridized carbons (Fsp3) is 0.280. The van der Waals surface area contributed by atoms with Crippen molar-refractivity contribution in [3.8, 4) is 0 Å². The molecule has 0 saturated heterocycles. The van der Waals surface area contributed by atoms with E-state index in [9.17, 15) is 9.59 Å². The number of carbonyl (C=O) groups excluding carboxylic acids is 2. The van der Waals surface area contributed by atoms with E-state index in [1.54, 1.807) is 17.4 Å². The van der Waals surface area contributed by atoms with E-state index in [1.165, 1.54) is 24.0 Å². The van der Waals surface area contributed by atoms with E-state index in [4.69, 9.17) is 0 Å². The Morgan fingerprint density at radius 3 is 2.60 bits per heavy atom. The molecule has 1 aromatic heterocycles. The number of rotatable bonds is 6. The van der Waals surface area contributed by atoms with Crippen LogP contribution in [0.15, 0.2) is 60.0 Å². The first kappa shape index (κ1) is 20.4. The number of fused-ring (bicyclic) bond motifs is 1. The van der Waals surface area contributed by atoms with Gasteiger partial charge in [0.15, 0.2) is 0 Å². The van der Waals surface area contributed by atoms with Crippen LogP contribution in [0, 0.1) is 6.92 Å². The molecule has 5 heteroatoms. The number of benzene rings is 2. The molecule has 1 aliphatic carbocycles. The predicted molar refractivity (Wildman–Crippen MR) is 121 cm³/mol. The summed E-state index contributed by atoms with van der Waals surface area (Å²) in [6.07, 6.45) is 4.70. The molecule has 2 N–H and O–H groups in total. The van der Waals surface area contributed by atoms with Gasteiger partial charge in [0.25, 0.3) is 5.91 Å². The topological polar surface area (TPSA) is 58.2 Å². The minimum Gasteiger partial charge on any atom is -0.343 e. The highest BCUT2D eigenvalue weighted by Gasteiger charge is 2.20. The second-order valence-electron chi connectivity index (χ2n) is 7.80. The van der Waals surface area contributed by atoms with E-state index in [0.29, 0.717) is 5.56 Å². The number of aryl methyl sites for hydroxylation is 3. The van der Waals surface area contributed by atoms with E-state index in [1.807, 2.05) is 42.6 Å². The van der Waals surface area contributed by atoms with Crippen LogP contribution in [0.2, 0.25) is 0 Å². The number of carbonyl (C=O) groups is 2. The van der Waals surface area contributed by atoms with Crippen LogP contribution in [0.4, 0.5) is 0 Å². The number of thiophene rings is 1. The molecule has 0 fully saturated rings. The van der Waals surface area contributed by atoms with Crippen LogP contribution in [-0.4, -0.2) is 18.4 Å². The smallest absolute Gasteiger partial charge is 0.251 e. The quantitative estimate of drug-likeness (QED) is 0.616. The number of hydrogen-bond donors (Lipinski definition) is 2. The third kappa shape index (κ3) is 4.79. The molecule has 0 aliphatic heterocycles. The molecule has 0 radical (unpaired) electrons. The molecule has 0 bridgehead atoms. The summed E-state index contributed by atoms with van der Waals surface area (Å²) in [6, 6.07) is 17.7. The molecule has 0 saturated carbocycles. The van der Waals surface area contributed by atoms with E-state index >= 15 is 0 Å². The third-order valence-corrected chi connectivity index (χ3v) is 6.47. The van der Waals surface area contributed by atoms with Crippen LogP contribution >= 0.6 is 11.3 Å². The van der Waals surface area contributed by atoms with Gasteiger partial charge in [0, 0.05) is 10.4 Å². The zero-order chi connectivity index (χ0) is 20.9. The zero-order valence-corrected chi connectivity index (χ0v) is 17.9. The predicted octanol–water partition coefficient (Wildman–Crippen LogP) is 4.57.